The second kappa shape index (κ2) is 11.5. The molecule has 0 aliphatic carbocycles. The molecule has 0 unspecified atom stereocenters. The summed E-state index contributed by atoms with van der Waals surface area (Å²) in [7, 11) is -2.69. The number of carbonyl (C=O) groups excluding carboxylic acids is 1. The van der Waals surface area contributed by atoms with Gasteiger partial charge in [-0.2, -0.15) is 9.41 Å². The SMILES string of the molecule is COc1ccc(C)cc1S(=O)(=O)N(CC(=O)N/N=C/c1ccc(Cl)cc1Cl)Cc1ccccc1. The van der Waals surface area contributed by atoms with Crippen molar-refractivity contribution in [1.29, 1.82) is 0 Å². The van der Waals surface area contributed by atoms with Crippen LogP contribution in [0.5, 0.6) is 5.75 Å². The summed E-state index contributed by atoms with van der Waals surface area (Å²) in [5, 5.41) is 4.73. The molecular formula is C24H23Cl2N3O4S. The van der Waals surface area contributed by atoms with E-state index < -0.39 is 22.5 Å². The molecule has 1 N–H and O–H groups in total. The number of methoxy groups -OCH3 is 1. The summed E-state index contributed by atoms with van der Waals surface area (Å²) in [4.78, 5) is 12.6. The van der Waals surface area contributed by atoms with E-state index in [0.717, 1.165) is 15.4 Å². The zero-order valence-corrected chi connectivity index (χ0v) is 20.9. The molecule has 34 heavy (non-hydrogen) atoms. The van der Waals surface area contributed by atoms with E-state index in [1.165, 1.54) is 19.4 Å². The van der Waals surface area contributed by atoms with Crippen LogP contribution in [-0.4, -0.2) is 38.5 Å². The largest absolute Gasteiger partial charge is 0.495 e. The minimum absolute atomic E-state index is 0.0135. The summed E-state index contributed by atoms with van der Waals surface area (Å²) in [6, 6.07) is 18.7. The lowest BCUT2D eigenvalue weighted by Crippen LogP contribution is -2.39. The van der Waals surface area contributed by atoms with Crippen LogP contribution in [0.1, 0.15) is 16.7 Å². The first-order chi connectivity index (χ1) is 16.2. The third-order valence-electron chi connectivity index (χ3n) is 4.81. The zero-order valence-electron chi connectivity index (χ0n) is 18.5. The summed E-state index contributed by atoms with van der Waals surface area (Å²) in [6.07, 6.45) is 1.36. The van der Waals surface area contributed by atoms with Gasteiger partial charge in [-0.25, -0.2) is 13.8 Å². The minimum Gasteiger partial charge on any atom is -0.495 e. The topological polar surface area (TPSA) is 88.1 Å². The molecule has 0 saturated carbocycles. The maximum atomic E-state index is 13.6. The van der Waals surface area contributed by atoms with Gasteiger partial charge in [0.25, 0.3) is 5.91 Å². The highest BCUT2D eigenvalue weighted by molar-refractivity contribution is 7.89. The van der Waals surface area contributed by atoms with Crippen LogP contribution in [0.4, 0.5) is 0 Å². The normalized spacial score (nSPS) is 11.7. The molecule has 0 bridgehead atoms. The molecule has 178 valence electrons. The molecule has 0 aliphatic rings. The Balaban J connectivity index is 1.85. The standard InChI is InChI=1S/C24H23Cl2N3O4S/c1-17-8-11-22(33-2)23(12-17)34(31,32)29(15-18-6-4-3-5-7-18)16-24(30)28-27-14-19-9-10-20(25)13-21(19)26/h3-14H,15-16H2,1-2H3,(H,28,30)/b27-14+. The third kappa shape index (κ3) is 6.57. The lowest BCUT2D eigenvalue weighted by atomic mass is 10.2. The first-order valence-corrected chi connectivity index (χ1v) is 12.4. The predicted molar refractivity (Wildman–Crippen MR) is 134 cm³/mol. The molecule has 3 rings (SSSR count). The van der Waals surface area contributed by atoms with Crippen molar-refractivity contribution in [2.75, 3.05) is 13.7 Å². The van der Waals surface area contributed by atoms with Gasteiger partial charge < -0.3 is 4.74 Å². The van der Waals surface area contributed by atoms with Crippen LogP contribution < -0.4 is 10.2 Å². The molecule has 0 fully saturated rings. The van der Waals surface area contributed by atoms with E-state index in [1.54, 1.807) is 61.5 Å². The Kier molecular flexibility index (Phi) is 8.68. The van der Waals surface area contributed by atoms with Crippen LogP contribution in [0, 0.1) is 6.92 Å². The van der Waals surface area contributed by atoms with Crippen molar-refractivity contribution in [3.8, 4) is 5.75 Å². The number of sulfonamides is 1. The first-order valence-electron chi connectivity index (χ1n) is 10.2. The second-order valence-corrected chi connectivity index (χ2v) is 10.1. The van der Waals surface area contributed by atoms with Gasteiger partial charge in [-0.05, 0) is 42.3 Å². The van der Waals surface area contributed by atoms with Gasteiger partial charge >= 0.3 is 0 Å². The smallest absolute Gasteiger partial charge is 0.255 e. The van der Waals surface area contributed by atoms with Crippen LogP contribution >= 0.6 is 23.2 Å². The highest BCUT2D eigenvalue weighted by Crippen LogP contribution is 2.28. The van der Waals surface area contributed by atoms with Crippen molar-refractivity contribution in [3.63, 3.8) is 0 Å². The number of rotatable bonds is 9. The van der Waals surface area contributed by atoms with Gasteiger partial charge in [0, 0.05) is 17.1 Å². The Hall–Kier alpha value is -2.91. The number of nitrogens with one attached hydrogen (secondary N) is 1. The number of ether oxygens (including phenoxy) is 1. The van der Waals surface area contributed by atoms with E-state index in [4.69, 9.17) is 27.9 Å². The first kappa shape index (κ1) is 25.7. The fraction of sp³-hybridized carbons (Fsp3) is 0.167. The fourth-order valence-corrected chi connectivity index (χ4v) is 5.20. The predicted octanol–water partition coefficient (Wildman–Crippen LogP) is 4.65. The minimum atomic E-state index is -4.09. The van der Waals surface area contributed by atoms with Gasteiger partial charge in [-0.1, -0.05) is 65.7 Å². The van der Waals surface area contributed by atoms with Gasteiger partial charge in [0.15, 0.2) is 0 Å². The molecular weight excluding hydrogens is 497 g/mol. The maximum Gasteiger partial charge on any atom is 0.255 e. The Bertz CT molecular complexity index is 1300. The quantitative estimate of drug-likeness (QED) is 0.329. The molecule has 0 radical (unpaired) electrons. The number of hydrazone groups is 1. The van der Waals surface area contributed by atoms with E-state index in [2.05, 4.69) is 10.5 Å². The number of carbonyl (C=O) groups is 1. The second-order valence-electron chi connectivity index (χ2n) is 7.37. The lowest BCUT2D eigenvalue weighted by molar-refractivity contribution is -0.121. The maximum absolute atomic E-state index is 13.6. The van der Waals surface area contributed by atoms with Gasteiger partial charge in [0.05, 0.1) is 24.9 Å². The molecule has 0 aromatic heterocycles. The molecule has 0 heterocycles. The highest BCUT2D eigenvalue weighted by atomic mass is 35.5. The molecule has 0 saturated heterocycles. The van der Waals surface area contributed by atoms with Crippen molar-refractivity contribution in [3.05, 3.63) is 93.5 Å². The van der Waals surface area contributed by atoms with Gasteiger partial charge in [0.2, 0.25) is 10.0 Å². The molecule has 1 amide bonds. The van der Waals surface area contributed by atoms with E-state index in [1.807, 2.05) is 6.07 Å². The number of amides is 1. The lowest BCUT2D eigenvalue weighted by Gasteiger charge is -2.23. The Morgan fingerprint density at radius 2 is 1.82 bits per heavy atom. The summed E-state index contributed by atoms with van der Waals surface area (Å²) in [5.41, 5.74) is 4.37. The molecule has 0 atom stereocenters. The summed E-state index contributed by atoms with van der Waals surface area (Å²) >= 11 is 12.0. The molecule has 7 nitrogen and oxygen atoms in total. The molecule has 10 heteroatoms. The van der Waals surface area contributed by atoms with Crippen molar-refractivity contribution >= 4 is 45.3 Å². The average molecular weight is 520 g/mol. The number of benzene rings is 3. The van der Waals surface area contributed by atoms with E-state index in [0.29, 0.717) is 15.6 Å². The summed E-state index contributed by atoms with van der Waals surface area (Å²) in [5.74, 6) is -0.424. The van der Waals surface area contributed by atoms with Crippen LogP contribution in [0.15, 0.2) is 76.7 Å². The van der Waals surface area contributed by atoms with Crippen molar-refractivity contribution in [2.45, 2.75) is 18.4 Å². The highest BCUT2D eigenvalue weighted by Gasteiger charge is 2.30. The molecule has 3 aromatic carbocycles. The zero-order chi connectivity index (χ0) is 24.7. The fourth-order valence-electron chi connectivity index (χ4n) is 3.11. The van der Waals surface area contributed by atoms with Crippen LogP contribution in [0.3, 0.4) is 0 Å². The Labute approximate surface area is 209 Å². The summed E-state index contributed by atoms with van der Waals surface area (Å²) in [6.45, 7) is 1.31. The van der Waals surface area contributed by atoms with Gasteiger partial charge in [0.1, 0.15) is 10.6 Å². The van der Waals surface area contributed by atoms with Crippen molar-refractivity contribution in [1.82, 2.24) is 9.73 Å². The van der Waals surface area contributed by atoms with Crippen LogP contribution in [0.2, 0.25) is 10.0 Å². The van der Waals surface area contributed by atoms with Gasteiger partial charge in [-0.15, -0.1) is 0 Å². The Morgan fingerprint density at radius 3 is 2.50 bits per heavy atom. The number of halogens is 2. The monoisotopic (exact) mass is 519 g/mol. The van der Waals surface area contributed by atoms with Crippen LogP contribution in [0.25, 0.3) is 0 Å². The van der Waals surface area contributed by atoms with E-state index in [-0.39, 0.29) is 17.2 Å². The molecule has 3 aromatic rings. The molecule has 0 spiro atoms. The molecule has 0 aliphatic heterocycles. The van der Waals surface area contributed by atoms with Crippen molar-refractivity contribution in [2.24, 2.45) is 5.10 Å². The number of hydrogen-bond acceptors (Lipinski definition) is 5. The Morgan fingerprint density at radius 1 is 1.09 bits per heavy atom. The number of nitrogens with zero attached hydrogens (tertiary/aromatic N) is 2. The number of aryl methyl sites for hydroxylation is 1. The van der Waals surface area contributed by atoms with Crippen molar-refractivity contribution < 1.29 is 17.9 Å². The average Bonchev–Trinajstić information content (AvgIpc) is 2.80. The van der Waals surface area contributed by atoms with E-state index in [9.17, 15) is 13.2 Å². The summed E-state index contributed by atoms with van der Waals surface area (Å²) < 4.78 is 33.5. The van der Waals surface area contributed by atoms with Gasteiger partial charge in [-0.3, -0.25) is 4.79 Å². The third-order valence-corrected chi connectivity index (χ3v) is 7.19. The number of hydrogen-bond donors (Lipinski definition) is 1. The van der Waals surface area contributed by atoms with Crippen LogP contribution in [-0.2, 0) is 21.4 Å². The van der Waals surface area contributed by atoms with E-state index >= 15 is 0 Å².